The van der Waals surface area contributed by atoms with E-state index in [0.717, 1.165) is 39.1 Å². The molecule has 2 fully saturated rings. The van der Waals surface area contributed by atoms with Gasteiger partial charge in [-0.1, -0.05) is 24.3 Å². The molecule has 2 heterocycles. The van der Waals surface area contributed by atoms with E-state index in [0.29, 0.717) is 11.2 Å². The lowest BCUT2D eigenvalue weighted by molar-refractivity contribution is -0.901. The summed E-state index contributed by atoms with van der Waals surface area (Å²) in [4.78, 5) is 1.72. The van der Waals surface area contributed by atoms with Gasteiger partial charge in [0, 0.05) is 38.1 Å². The molecule has 0 radical (unpaired) electrons. The van der Waals surface area contributed by atoms with E-state index in [9.17, 15) is 0 Å². The molecule has 2 saturated heterocycles. The fraction of sp³-hybridized carbons (Fsp3) is 0.611. The number of hydrogen-bond donors (Lipinski definition) is 3. The van der Waals surface area contributed by atoms with Crippen LogP contribution in [0.2, 0.25) is 0 Å². The third-order valence-electron chi connectivity index (χ3n) is 4.76. The zero-order valence-electron chi connectivity index (χ0n) is 13.8. The Labute approximate surface area is 144 Å². The molecular weight excluding hydrogens is 306 g/mol. The molecule has 0 unspecified atom stereocenters. The fourth-order valence-corrected chi connectivity index (χ4v) is 3.53. The molecule has 0 bridgehead atoms. The number of hydrogen-bond acceptors (Lipinski definition) is 2. The van der Waals surface area contributed by atoms with Gasteiger partial charge in [0.15, 0.2) is 5.11 Å². The number of ether oxygens (including phenoxy) is 1. The van der Waals surface area contributed by atoms with Crippen LogP contribution in [0.5, 0.6) is 0 Å². The van der Waals surface area contributed by atoms with Crippen LogP contribution >= 0.6 is 12.2 Å². The highest BCUT2D eigenvalue weighted by Crippen LogP contribution is 2.10. The normalized spacial score (nSPS) is 21.5. The molecule has 23 heavy (non-hydrogen) atoms. The zero-order chi connectivity index (χ0) is 15.9. The molecule has 0 aromatic heterocycles. The Hall–Kier alpha value is -1.17. The lowest BCUT2D eigenvalue weighted by Gasteiger charge is -2.14. The van der Waals surface area contributed by atoms with Crippen LogP contribution < -0.4 is 15.5 Å². The van der Waals surface area contributed by atoms with Crippen molar-refractivity contribution in [3.05, 3.63) is 35.4 Å². The maximum Gasteiger partial charge on any atom is 0.166 e. The number of likely N-dealkylation sites (tertiary alicyclic amines) is 1. The average molecular weight is 335 g/mol. The fourth-order valence-electron chi connectivity index (χ4n) is 3.37. The average Bonchev–Trinajstić information content (AvgIpc) is 3.26. The van der Waals surface area contributed by atoms with Crippen LogP contribution in [0.3, 0.4) is 0 Å². The third kappa shape index (κ3) is 5.44. The molecule has 0 spiro atoms. The van der Waals surface area contributed by atoms with Crippen LogP contribution in [0.25, 0.3) is 0 Å². The first kappa shape index (κ1) is 16.7. The molecule has 4 nitrogen and oxygen atoms in total. The molecule has 1 aromatic carbocycles. The summed E-state index contributed by atoms with van der Waals surface area (Å²) < 4.78 is 5.58. The molecular formula is C18H28N3OS+. The number of benzene rings is 1. The van der Waals surface area contributed by atoms with Gasteiger partial charge in [-0.25, -0.2) is 0 Å². The quantitative estimate of drug-likeness (QED) is 0.679. The van der Waals surface area contributed by atoms with Crippen molar-refractivity contribution >= 4 is 17.3 Å². The monoisotopic (exact) mass is 334 g/mol. The summed E-state index contributed by atoms with van der Waals surface area (Å²) in [6.45, 7) is 6.28. The highest BCUT2D eigenvalue weighted by atomic mass is 32.1. The predicted octanol–water partition coefficient (Wildman–Crippen LogP) is 1.01. The summed E-state index contributed by atoms with van der Waals surface area (Å²) in [5, 5.41) is 7.24. The summed E-state index contributed by atoms with van der Waals surface area (Å²) in [5.41, 5.74) is 2.70. The van der Waals surface area contributed by atoms with E-state index in [1.165, 1.54) is 37.1 Å². The lowest BCUT2D eigenvalue weighted by Crippen LogP contribution is -3.08. The number of thiocarbonyl (C=S) groups is 1. The van der Waals surface area contributed by atoms with Gasteiger partial charge in [-0.3, -0.25) is 0 Å². The van der Waals surface area contributed by atoms with E-state index in [1.807, 2.05) is 0 Å². The van der Waals surface area contributed by atoms with E-state index in [1.54, 1.807) is 4.90 Å². The van der Waals surface area contributed by atoms with Crippen molar-refractivity contribution in [1.29, 1.82) is 0 Å². The van der Waals surface area contributed by atoms with Gasteiger partial charge in [0.1, 0.15) is 6.54 Å². The number of nitrogens with one attached hydrogen (secondary N) is 3. The second kappa shape index (κ2) is 8.62. The maximum absolute atomic E-state index is 5.58. The predicted molar refractivity (Wildman–Crippen MR) is 96.5 cm³/mol. The minimum absolute atomic E-state index is 0.321. The first-order valence-electron chi connectivity index (χ1n) is 8.84. The smallest absolute Gasteiger partial charge is 0.166 e. The second-order valence-electron chi connectivity index (χ2n) is 6.65. The van der Waals surface area contributed by atoms with Crippen LogP contribution in [0.15, 0.2) is 24.3 Å². The van der Waals surface area contributed by atoms with Crippen LogP contribution in [0.1, 0.15) is 36.8 Å². The summed E-state index contributed by atoms with van der Waals surface area (Å²) in [5.74, 6) is 0. The molecule has 126 valence electrons. The molecule has 5 heteroatoms. The second-order valence-corrected chi connectivity index (χ2v) is 7.06. The van der Waals surface area contributed by atoms with Crippen LogP contribution in [0.4, 0.5) is 0 Å². The van der Waals surface area contributed by atoms with Gasteiger partial charge in [-0.05, 0) is 30.6 Å². The summed E-state index contributed by atoms with van der Waals surface area (Å²) in [7, 11) is 0. The van der Waals surface area contributed by atoms with Crippen molar-refractivity contribution in [1.82, 2.24) is 10.6 Å². The van der Waals surface area contributed by atoms with Crippen molar-refractivity contribution in [2.75, 3.05) is 26.2 Å². The first-order valence-corrected chi connectivity index (χ1v) is 9.25. The standard InChI is InChI=1S/C18H27N3OS/c23-18(20-13-17-4-3-11-22-17)19-12-15-5-7-16(8-6-15)14-21-9-1-2-10-21/h5-8,17H,1-4,9-14H2,(H2,19,20,23)/p+1/t17-/m1/s1. The Morgan fingerprint density at radius 1 is 1.09 bits per heavy atom. The van der Waals surface area contributed by atoms with E-state index < -0.39 is 0 Å². The first-order chi connectivity index (χ1) is 11.3. The topological polar surface area (TPSA) is 37.7 Å². The Morgan fingerprint density at radius 2 is 1.83 bits per heavy atom. The van der Waals surface area contributed by atoms with Gasteiger partial charge < -0.3 is 20.3 Å². The molecule has 0 amide bonds. The highest BCUT2D eigenvalue weighted by molar-refractivity contribution is 7.80. The zero-order valence-corrected chi connectivity index (χ0v) is 14.6. The van der Waals surface area contributed by atoms with Gasteiger partial charge in [0.05, 0.1) is 19.2 Å². The number of quaternary nitrogens is 1. The van der Waals surface area contributed by atoms with E-state index in [-0.39, 0.29) is 0 Å². The Bertz CT molecular complexity index is 493. The van der Waals surface area contributed by atoms with Crippen molar-refractivity contribution < 1.29 is 9.64 Å². The Kier molecular flexibility index (Phi) is 6.25. The van der Waals surface area contributed by atoms with Gasteiger partial charge in [-0.15, -0.1) is 0 Å². The number of rotatable bonds is 6. The third-order valence-corrected chi connectivity index (χ3v) is 5.04. The van der Waals surface area contributed by atoms with Crippen molar-refractivity contribution in [2.24, 2.45) is 0 Å². The molecule has 3 rings (SSSR count). The Balaban J connectivity index is 1.36. The molecule has 1 aromatic rings. The summed E-state index contributed by atoms with van der Waals surface area (Å²) in [6.07, 6.45) is 5.39. The maximum atomic E-state index is 5.58. The van der Waals surface area contributed by atoms with Gasteiger partial charge >= 0.3 is 0 Å². The molecule has 1 atom stereocenters. The molecule has 0 aliphatic carbocycles. The summed E-state index contributed by atoms with van der Waals surface area (Å²) >= 11 is 5.33. The van der Waals surface area contributed by atoms with Crippen molar-refractivity contribution in [3.63, 3.8) is 0 Å². The SMILES string of the molecule is S=C(NCc1ccc(C[NH+]2CCCC2)cc1)NC[C@H]1CCCO1. The van der Waals surface area contributed by atoms with Crippen LogP contribution in [-0.2, 0) is 17.8 Å². The van der Waals surface area contributed by atoms with Gasteiger partial charge in [0.25, 0.3) is 0 Å². The lowest BCUT2D eigenvalue weighted by atomic mass is 10.1. The van der Waals surface area contributed by atoms with Gasteiger partial charge in [-0.2, -0.15) is 0 Å². The highest BCUT2D eigenvalue weighted by Gasteiger charge is 2.16. The Morgan fingerprint density at radius 3 is 2.52 bits per heavy atom. The largest absolute Gasteiger partial charge is 0.376 e. The molecule has 2 aliphatic rings. The van der Waals surface area contributed by atoms with E-state index in [4.69, 9.17) is 17.0 Å². The molecule has 2 aliphatic heterocycles. The minimum atomic E-state index is 0.321. The van der Waals surface area contributed by atoms with Crippen LogP contribution in [0, 0.1) is 0 Å². The molecule has 3 N–H and O–H groups in total. The van der Waals surface area contributed by atoms with E-state index >= 15 is 0 Å². The van der Waals surface area contributed by atoms with Crippen molar-refractivity contribution in [3.8, 4) is 0 Å². The van der Waals surface area contributed by atoms with Crippen LogP contribution in [-0.4, -0.2) is 37.5 Å². The summed E-state index contributed by atoms with van der Waals surface area (Å²) in [6, 6.07) is 8.93. The molecule has 0 saturated carbocycles. The van der Waals surface area contributed by atoms with Gasteiger partial charge in [0.2, 0.25) is 0 Å². The van der Waals surface area contributed by atoms with Crippen molar-refractivity contribution in [2.45, 2.75) is 44.9 Å². The van der Waals surface area contributed by atoms with E-state index in [2.05, 4.69) is 34.9 Å². The minimum Gasteiger partial charge on any atom is -0.376 e.